The second-order valence-corrected chi connectivity index (χ2v) is 6.29. The molecule has 1 unspecified atom stereocenters. The quantitative estimate of drug-likeness (QED) is 0.932. The molecule has 2 aromatic rings. The van der Waals surface area contributed by atoms with Crippen molar-refractivity contribution in [3.8, 4) is 0 Å². The summed E-state index contributed by atoms with van der Waals surface area (Å²) in [6.45, 7) is 4.89. The molecule has 2 heterocycles. The van der Waals surface area contributed by atoms with Crippen LogP contribution in [0.4, 0.5) is 9.18 Å². The van der Waals surface area contributed by atoms with Crippen molar-refractivity contribution in [3.05, 3.63) is 47.4 Å². The van der Waals surface area contributed by atoms with Crippen LogP contribution in [0.1, 0.15) is 55.9 Å². The molecule has 1 saturated heterocycles. The molecular formula is C17H21FN4O2. The van der Waals surface area contributed by atoms with Gasteiger partial charge in [-0.3, -0.25) is 0 Å². The summed E-state index contributed by atoms with van der Waals surface area (Å²) in [7, 11) is 0. The van der Waals surface area contributed by atoms with E-state index in [1.165, 1.54) is 12.1 Å². The Hall–Kier alpha value is -2.44. The summed E-state index contributed by atoms with van der Waals surface area (Å²) in [5.41, 5.74) is 0.723. The largest absolute Gasteiger partial charge is 0.339 e. The van der Waals surface area contributed by atoms with Crippen LogP contribution < -0.4 is 5.32 Å². The van der Waals surface area contributed by atoms with Gasteiger partial charge < -0.3 is 14.7 Å². The van der Waals surface area contributed by atoms with Gasteiger partial charge in [-0.15, -0.1) is 0 Å². The Kier molecular flexibility index (Phi) is 4.78. The summed E-state index contributed by atoms with van der Waals surface area (Å²) in [5.74, 6) is 0.978. The highest BCUT2D eigenvalue weighted by atomic mass is 19.1. The Morgan fingerprint density at radius 2 is 2.33 bits per heavy atom. The fourth-order valence-electron chi connectivity index (χ4n) is 2.82. The minimum absolute atomic E-state index is 0.155. The lowest BCUT2D eigenvalue weighted by atomic mass is 10.2. The van der Waals surface area contributed by atoms with Gasteiger partial charge in [0.25, 0.3) is 0 Å². The first kappa shape index (κ1) is 16.4. The molecule has 0 saturated carbocycles. The number of aromatic nitrogens is 2. The predicted octanol–water partition coefficient (Wildman–Crippen LogP) is 3.38. The second-order valence-electron chi connectivity index (χ2n) is 6.29. The van der Waals surface area contributed by atoms with Crippen LogP contribution >= 0.6 is 0 Å². The molecule has 6 nitrogen and oxygen atoms in total. The molecule has 3 rings (SSSR count). The maximum absolute atomic E-state index is 13.2. The molecule has 1 atom stereocenters. The van der Waals surface area contributed by atoms with E-state index >= 15 is 0 Å². The predicted molar refractivity (Wildman–Crippen MR) is 85.7 cm³/mol. The van der Waals surface area contributed by atoms with Crippen molar-refractivity contribution >= 4 is 6.03 Å². The molecule has 1 aromatic heterocycles. The minimum Gasteiger partial charge on any atom is -0.339 e. The van der Waals surface area contributed by atoms with E-state index < -0.39 is 0 Å². The van der Waals surface area contributed by atoms with Crippen molar-refractivity contribution < 1.29 is 13.7 Å². The zero-order chi connectivity index (χ0) is 17.1. The van der Waals surface area contributed by atoms with Crippen molar-refractivity contribution in [2.75, 3.05) is 6.54 Å². The van der Waals surface area contributed by atoms with Crippen LogP contribution in [0.2, 0.25) is 0 Å². The van der Waals surface area contributed by atoms with Crippen molar-refractivity contribution in [1.82, 2.24) is 20.4 Å². The molecule has 7 heteroatoms. The highest BCUT2D eigenvalue weighted by molar-refractivity contribution is 5.75. The highest BCUT2D eigenvalue weighted by Gasteiger charge is 2.33. The monoisotopic (exact) mass is 332 g/mol. The average molecular weight is 332 g/mol. The van der Waals surface area contributed by atoms with E-state index in [1.807, 2.05) is 13.8 Å². The fourth-order valence-corrected chi connectivity index (χ4v) is 2.82. The van der Waals surface area contributed by atoms with Crippen LogP contribution in [0.15, 0.2) is 28.8 Å². The van der Waals surface area contributed by atoms with Gasteiger partial charge >= 0.3 is 6.03 Å². The van der Waals surface area contributed by atoms with Crippen LogP contribution in [0.5, 0.6) is 0 Å². The van der Waals surface area contributed by atoms with E-state index in [0.717, 1.165) is 18.4 Å². The van der Waals surface area contributed by atoms with E-state index in [-0.39, 0.29) is 30.4 Å². The van der Waals surface area contributed by atoms with E-state index in [2.05, 4.69) is 15.5 Å². The van der Waals surface area contributed by atoms with Crippen molar-refractivity contribution in [3.63, 3.8) is 0 Å². The number of halogens is 1. The molecule has 0 spiro atoms. The maximum Gasteiger partial charge on any atom is 0.318 e. The van der Waals surface area contributed by atoms with Crippen LogP contribution in [-0.4, -0.2) is 27.6 Å². The minimum atomic E-state index is -0.311. The van der Waals surface area contributed by atoms with Crippen molar-refractivity contribution in [2.45, 2.75) is 45.2 Å². The molecule has 1 aliphatic heterocycles. The van der Waals surface area contributed by atoms with E-state index in [4.69, 9.17) is 4.52 Å². The molecule has 1 N–H and O–H groups in total. The first-order valence-electron chi connectivity index (χ1n) is 8.17. The first-order chi connectivity index (χ1) is 11.5. The lowest BCUT2D eigenvalue weighted by Crippen LogP contribution is -2.39. The summed E-state index contributed by atoms with van der Waals surface area (Å²) >= 11 is 0. The average Bonchev–Trinajstić information content (AvgIpc) is 3.21. The first-order valence-corrected chi connectivity index (χ1v) is 8.17. The van der Waals surface area contributed by atoms with E-state index in [0.29, 0.717) is 18.3 Å². The standard InChI is InChI=1S/C17H21FN4O2/c1-11(2)16-20-15(21-24-16)14-7-4-8-22(14)17(23)19-10-12-5-3-6-13(18)9-12/h3,5-6,9,11,14H,4,7-8,10H2,1-2H3,(H,19,23). The Balaban J connectivity index is 1.64. The molecule has 1 aromatic carbocycles. The number of carbonyl (C=O) groups excluding carboxylic acids is 1. The number of benzene rings is 1. The number of urea groups is 1. The summed E-state index contributed by atoms with van der Waals surface area (Å²) in [6.07, 6.45) is 1.70. The molecular weight excluding hydrogens is 311 g/mol. The van der Waals surface area contributed by atoms with Crippen LogP contribution in [0, 0.1) is 5.82 Å². The normalized spacial score (nSPS) is 17.5. The third kappa shape index (κ3) is 3.55. The molecule has 24 heavy (non-hydrogen) atoms. The zero-order valence-electron chi connectivity index (χ0n) is 13.8. The van der Waals surface area contributed by atoms with Crippen molar-refractivity contribution in [1.29, 1.82) is 0 Å². The molecule has 2 amide bonds. The van der Waals surface area contributed by atoms with Crippen molar-refractivity contribution in [2.24, 2.45) is 0 Å². The number of nitrogens with one attached hydrogen (secondary N) is 1. The number of hydrogen-bond donors (Lipinski definition) is 1. The van der Waals surface area contributed by atoms with E-state index in [1.54, 1.807) is 17.0 Å². The molecule has 1 fully saturated rings. The van der Waals surface area contributed by atoms with Crippen LogP contribution in [0.25, 0.3) is 0 Å². The zero-order valence-corrected chi connectivity index (χ0v) is 13.8. The summed E-state index contributed by atoms with van der Waals surface area (Å²) in [5, 5.41) is 6.86. The van der Waals surface area contributed by atoms with E-state index in [9.17, 15) is 9.18 Å². The highest BCUT2D eigenvalue weighted by Crippen LogP contribution is 2.30. The van der Waals surface area contributed by atoms with Gasteiger partial charge in [-0.2, -0.15) is 4.98 Å². The third-order valence-corrected chi connectivity index (χ3v) is 4.10. The summed E-state index contributed by atoms with van der Waals surface area (Å²) in [6, 6.07) is 5.83. The summed E-state index contributed by atoms with van der Waals surface area (Å²) in [4.78, 5) is 18.6. The molecule has 0 bridgehead atoms. The van der Waals surface area contributed by atoms with Gasteiger partial charge in [0.1, 0.15) is 5.82 Å². The number of rotatable bonds is 4. The van der Waals surface area contributed by atoms with Gasteiger partial charge in [0, 0.05) is 19.0 Å². The van der Waals surface area contributed by atoms with Gasteiger partial charge in [0.2, 0.25) is 5.89 Å². The Morgan fingerprint density at radius 3 is 3.04 bits per heavy atom. The Bertz CT molecular complexity index is 716. The number of nitrogens with zero attached hydrogens (tertiary/aromatic N) is 3. The van der Waals surface area contributed by atoms with Gasteiger partial charge in [0.15, 0.2) is 5.82 Å². The van der Waals surface area contributed by atoms with Gasteiger partial charge in [-0.25, -0.2) is 9.18 Å². The maximum atomic E-state index is 13.2. The number of amides is 2. The number of likely N-dealkylation sites (tertiary alicyclic amines) is 1. The van der Waals surface area contributed by atoms with Gasteiger partial charge in [-0.05, 0) is 30.5 Å². The smallest absolute Gasteiger partial charge is 0.318 e. The lowest BCUT2D eigenvalue weighted by molar-refractivity contribution is 0.189. The lowest BCUT2D eigenvalue weighted by Gasteiger charge is -2.22. The fraction of sp³-hybridized carbons (Fsp3) is 0.471. The third-order valence-electron chi connectivity index (χ3n) is 4.10. The van der Waals surface area contributed by atoms with Crippen LogP contribution in [0.3, 0.4) is 0 Å². The second kappa shape index (κ2) is 6.98. The number of hydrogen-bond acceptors (Lipinski definition) is 4. The summed E-state index contributed by atoms with van der Waals surface area (Å²) < 4.78 is 18.4. The Labute approximate surface area is 140 Å². The molecule has 128 valence electrons. The van der Waals surface area contributed by atoms with Gasteiger partial charge in [0.05, 0.1) is 6.04 Å². The Morgan fingerprint density at radius 1 is 1.50 bits per heavy atom. The number of carbonyl (C=O) groups is 1. The molecule has 1 aliphatic rings. The SMILES string of the molecule is CC(C)c1nc(C2CCCN2C(=O)NCc2cccc(F)c2)no1. The molecule has 0 aliphatic carbocycles. The topological polar surface area (TPSA) is 71.3 Å². The van der Waals surface area contributed by atoms with Crippen LogP contribution in [-0.2, 0) is 6.54 Å². The van der Waals surface area contributed by atoms with Gasteiger partial charge in [-0.1, -0.05) is 31.1 Å². The molecule has 0 radical (unpaired) electrons.